The lowest BCUT2D eigenvalue weighted by Gasteiger charge is -2.18. The second-order valence-corrected chi connectivity index (χ2v) is 3.47. The highest BCUT2D eigenvalue weighted by Gasteiger charge is 2.29. The van der Waals surface area contributed by atoms with Gasteiger partial charge in [0.1, 0.15) is 11.6 Å². The molecule has 1 aliphatic heterocycles. The number of aliphatic imine (C=N–C) groups is 1. The monoisotopic (exact) mass is 233 g/mol. The molecular formula is C11H11N3O3. The molecule has 6 heteroatoms. The molecule has 1 aliphatic rings. The van der Waals surface area contributed by atoms with Crippen molar-refractivity contribution in [2.45, 2.75) is 6.04 Å². The number of carbonyl (C=O) groups excluding carboxylic acids is 2. The third kappa shape index (κ3) is 2.02. The molecule has 0 aliphatic carbocycles. The van der Waals surface area contributed by atoms with Gasteiger partial charge in [0.2, 0.25) is 0 Å². The second kappa shape index (κ2) is 4.34. The van der Waals surface area contributed by atoms with Gasteiger partial charge in [-0.15, -0.1) is 0 Å². The van der Waals surface area contributed by atoms with Crippen LogP contribution in [0.4, 0.5) is 0 Å². The molecule has 2 rings (SSSR count). The first-order valence-electron chi connectivity index (χ1n) is 4.96. The van der Waals surface area contributed by atoms with Gasteiger partial charge in [0.15, 0.2) is 6.04 Å². The highest BCUT2D eigenvalue weighted by molar-refractivity contribution is 6.23. The van der Waals surface area contributed by atoms with E-state index in [-0.39, 0.29) is 5.84 Å². The fraction of sp³-hybridized carbons (Fsp3) is 0.182. The van der Waals surface area contributed by atoms with Crippen LogP contribution < -0.4 is 15.8 Å². The summed E-state index contributed by atoms with van der Waals surface area (Å²) in [6.45, 7) is 0. The second-order valence-electron chi connectivity index (χ2n) is 3.47. The van der Waals surface area contributed by atoms with Crippen LogP contribution in [0.3, 0.4) is 0 Å². The minimum absolute atomic E-state index is 0.166. The van der Waals surface area contributed by atoms with Crippen molar-refractivity contribution < 1.29 is 14.3 Å². The van der Waals surface area contributed by atoms with E-state index in [0.29, 0.717) is 11.3 Å². The van der Waals surface area contributed by atoms with Crippen LogP contribution >= 0.6 is 0 Å². The van der Waals surface area contributed by atoms with E-state index in [9.17, 15) is 9.59 Å². The van der Waals surface area contributed by atoms with E-state index in [1.807, 2.05) is 0 Å². The number of hydrogen-bond donors (Lipinski definition) is 2. The molecule has 88 valence electrons. The molecule has 17 heavy (non-hydrogen) atoms. The maximum Gasteiger partial charge on any atom is 0.274 e. The minimum Gasteiger partial charge on any atom is -0.496 e. The molecule has 0 radical (unpaired) electrons. The number of carbonyl (C=O) groups is 2. The normalized spacial score (nSPS) is 19.6. The van der Waals surface area contributed by atoms with E-state index >= 15 is 0 Å². The average Bonchev–Trinajstić information content (AvgIpc) is 2.35. The van der Waals surface area contributed by atoms with Crippen molar-refractivity contribution in [3.63, 3.8) is 0 Å². The quantitative estimate of drug-likeness (QED) is 0.668. The van der Waals surface area contributed by atoms with Crippen molar-refractivity contribution in [2.75, 3.05) is 7.11 Å². The standard InChI is InChI=1S/C11H11N3O3/c1-17-7-5-3-2-4-6(7)9-13-10(15)8(12)11(16)14-9/h2-5,8H,12H2,1H3,(H,13,14,15,16). The number of rotatable bonds is 2. The summed E-state index contributed by atoms with van der Waals surface area (Å²) in [7, 11) is 1.50. The zero-order valence-electron chi connectivity index (χ0n) is 9.14. The highest BCUT2D eigenvalue weighted by atomic mass is 16.5. The van der Waals surface area contributed by atoms with Gasteiger partial charge in [0.25, 0.3) is 11.8 Å². The van der Waals surface area contributed by atoms with Crippen molar-refractivity contribution in [1.82, 2.24) is 5.32 Å². The molecule has 1 aromatic carbocycles. The van der Waals surface area contributed by atoms with Gasteiger partial charge < -0.3 is 15.8 Å². The number of nitrogens with two attached hydrogens (primary N) is 1. The van der Waals surface area contributed by atoms with E-state index in [2.05, 4.69) is 10.3 Å². The van der Waals surface area contributed by atoms with E-state index in [1.165, 1.54) is 7.11 Å². The number of benzene rings is 1. The Hall–Kier alpha value is -2.21. The summed E-state index contributed by atoms with van der Waals surface area (Å²) < 4.78 is 5.12. The summed E-state index contributed by atoms with van der Waals surface area (Å²) in [6, 6.07) is 5.71. The Morgan fingerprint density at radius 1 is 1.35 bits per heavy atom. The lowest BCUT2D eigenvalue weighted by atomic mass is 10.1. The maximum absolute atomic E-state index is 11.4. The smallest absolute Gasteiger partial charge is 0.274 e. The number of para-hydroxylation sites is 1. The average molecular weight is 233 g/mol. The molecule has 0 aromatic heterocycles. The first-order valence-corrected chi connectivity index (χ1v) is 4.96. The first-order chi connectivity index (χ1) is 8.13. The van der Waals surface area contributed by atoms with Gasteiger partial charge in [-0.05, 0) is 12.1 Å². The lowest BCUT2D eigenvalue weighted by Crippen LogP contribution is -2.52. The topological polar surface area (TPSA) is 93.8 Å². The van der Waals surface area contributed by atoms with Crippen LogP contribution in [0.15, 0.2) is 29.3 Å². The SMILES string of the molecule is COc1ccccc1C1=NC(=O)C(N)C(=O)N1. The van der Waals surface area contributed by atoms with E-state index in [4.69, 9.17) is 10.5 Å². The lowest BCUT2D eigenvalue weighted by molar-refractivity contribution is -0.129. The molecule has 1 heterocycles. The van der Waals surface area contributed by atoms with E-state index in [1.54, 1.807) is 24.3 Å². The zero-order valence-corrected chi connectivity index (χ0v) is 9.14. The third-order valence-electron chi connectivity index (χ3n) is 2.37. The Kier molecular flexibility index (Phi) is 2.88. The minimum atomic E-state index is -1.23. The molecule has 0 saturated carbocycles. The van der Waals surface area contributed by atoms with Crippen molar-refractivity contribution in [1.29, 1.82) is 0 Å². The summed E-state index contributed by atoms with van der Waals surface area (Å²) in [5.74, 6) is -0.533. The number of hydrogen-bond acceptors (Lipinski definition) is 4. The molecule has 3 N–H and O–H groups in total. The van der Waals surface area contributed by atoms with Crippen molar-refractivity contribution in [2.24, 2.45) is 10.7 Å². The summed E-state index contributed by atoms with van der Waals surface area (Å²) in [5, 5.41) is 2.47. The number of methoxy groups -OCH3 is 1. The number of nitrogens with one attached hydrogen (secondary N) is 1. The maximum atomic E-state index is 11.4. The Morgan fingerprint density at radius 3 is 2.71 bits per heavy atom. The predicted octanol–water partition coefficient (Wildman–Crippen LogP) is -0.575. The Bertz CT molecular complexity index is 510. The molecule has 0 bridgehead atoms. The summed E-state index contributed by atoms with van der Waals surface area (Å²) in [6.07, 6.45) is 0. The van der Waals surface area contributed by atoms with Gasteiger partial charge >= 0.3 is 0 Å². The summed E-state index contributed by atoms with van der Waals surface area (Å²) in [4.78, 5) is 26.5. The molecule has 0 saturated heterocycles. The van der Waals surface area contributed by atoms with Gasteiger partial charge in [-0.1, -0.05) is 12.1 Å². The number of ether oxygens (including phenoxy) is 1. The van der Waals surface area contributed by atoms with Crippen LogP contribution in [-0.2, 0) is 9.59 Å². The Morgan fingerprint density at radius 2 is 2.06 bits per heavy atom. The number of nitrogens with zero attached hydrogens (tertiary/aromatic N) is 1. The molecule has 1 atom stereocenters. The van der Waals surface area contributed by atoms with Crippen LogP contribution in [0, 0.1) is 0 Å². The van der Waals surface area contributed by atoms with Gasteiger partial charge in [-0.3, -0.25) is 9.59 Å². The van der Waals surface area contributed by atoms with Gasteiger partial charge in [-0.2, -0.15) is 4.99 Å². The molecular weight excluding hydrogens is 222 g/mol. The van der Waals surface area contributed by atoms with E-state index in [0.717, 1.165) is 0 Å². The fourth-order valence-corrected chi connectivity index (χ4v) is 1.48. The van der Waals surface area contributed by atoms with Crippen LogP contribution in [0.25, 0.3) is 0 Å². The highest BCUT2D eigenvalue weighted by Crippen LogP contribution is 2.18. The molecule has 1 aromatic rings. The summed E-state index contributed by atoms with van der Waals surface area (Å²) >= 11 is 0. The van der Waals surface area contributed by atoms with Crippen LogP contribution in [0.5, 0.6) is 5.75 Å². The summed E-state index contributed by atoms with van der Waals surface area (Å²) in [5.41, 5.74) is 5.88. The van der Waals surface area contributed by atoms with Gasteiger partial charge in [0.05, 0.1) is 12.7 Å². The zero-order chi connectivity index (χ0) is 12.4. The molecule has 0 spiro atoms. The van der Waals surface area contributed by atoms with Crippen LogP contribution in [-0.4, -0.2) is 30.8 Å². The van der Waals surface area contributed by atoms with Crippen molar-refractivity contribution >= 4 is 17.6 Å². The Labute approximate surface area is 97.5 Å². The third-order valence-corrected chi connectivity index (χ3v) is 2.37. The molecule has 0 fully saturated rings. The van der Waals surface area contributed by atoms with Crippen LogP contribution in [0.1, 0.15) is 5.56 Å². The number of amides is 2. The first kappa shape index (κ1) is 11.3. The Balaban J connectivity index is 2.44. The van der Waals surface area contributed by atoms with Gasteiger partial charge in [0, 0.05) is 0 Å². The molecule has 1 unspecified atom stereocenters. The number of amidine groups is 1. The fourth-order valence-electron chi connectivity index (χ4n) is 1.48. The van der Waals surface area contributed by atoms with Gasteiger partial charge in [-0.25, -0.2) is 0 Å². The van der Waals surface area contributed by atoms with Crippen molar-refractivity contribution in [3.8, 4) is 5.75 Å². The predicted molar refractivity (Wildman–Crippen MR) is 60.7 cm³/mol. The van der Waals surface area contributed by atoms with Crippen molar-refractivity contribution in [3.05, 3.63) is 29.8 Å². The van der Waals surface area contributed by atoms with E-state index < -0.39 is 17.9 Å². The molecule has 2 amide bonds. The molecule has 6 nitrogen and oxygen atoms in total. The van der Waals surface area contributed by atoms with Crippen LogP contribution in [0.2, 0.25) is 0 Å². The largest absolute Gasteiger partial charge is 0.496 e.